The molecule has 126 valence electrons. The molecule has 7 heteroatoms. The summed E-state index contributed by atoms with van der Waals surface area (Å²) in [6, 6.07) is 3.69. The maximum atomic E-state index is 12.2. The molecule has 0 aliphatic rings. The van der Waals surface area contributed by atoms with E-state index in [2.05, 4.69) is 10.3 Å². The number of rotatable bonds is 7. The van der Waals surface area contributed by atoms with Gasteiger partial charge >= 0.3 is 6.03 Å². The molecule has 1 atom stereocenters. The van der Waals surface area contributed by atoms with Crippen molar-refractivity contribution in [1.29, 1.82) is 0 Å². The SMILES string of the molecule is Cc1nccn1CCN(C)C(=O)NC[C@@H](c1ccco1)N(C)C. The van der Waals surface area contributed by atoms with Crippen molar-refractivity contribution >= 4 is 6.03 Å². The summed E-state index contributed by atoms with van der Waals surface area (Å²) in [6.45, 7) is 3.79. The molecule has 0 bridgehead atoms. The van der Waals surface area contributed by atoms with Crippen molar-refractivity contribution < 1.29 is 9.21 Å². The number of imidazole rings is 1. The number of carbonyl (C=O) groups is 1. The first-order chi connectivity index (χ1) is 11.0. The highest BCUT2D eigenvalue weighted by molar-refractivity contribution is 5.73. The second kappa shape index (κ2) is 7.82. The number of nitrogens with one attached hydrogen (secondary N) is 1. The van der Waals surface area contributed by atoms with Gasteiger partial charge in [0.05, 0.1) is 12.3 Å². The van der Waals surface area contributed by atoms with Gasteiger partial charge in [0, 0.05) is 39.1 Å². The number of urea groups is 1. The van der Waals surface area contributed by atoms with Crippen LogP contribution in [0.4, 0.5) is 4.79 Å². The van der Waals surface area contributed by atoms with Crippen molar-refractivity contribution in [2.45, 2.75) is 19.5 Å². The van der Waals surface area contributed by atoms with Crippen LogP contribution >= 0.6 is 0 Å². The average molecular weight is 319 g/mol. The molecular weight excluding hydrogens is 294 g/mol. The van der Waals surface area contributed by atoms with Crippen LogP contribution in [0.2, 0.25) is 0 Å². The first-order valence-corrected chi connectivity index (χ1v) is 7.65. The fraction of sp³-hybridized carbons (Fsp3) is 0.500. The molecule has 0 aliphatic heterocycles. The van der Waals surface area contributed by atoms with Gasteiger partial charge in [-0.25, -0.2) is 9.78 Å². The van der Waals surface area contributed by atoms with Crippen LogP contribution in [0, 0.1) is 6.92 Å². The van der Waals surface area contributed by atoms with E-state index in [-0.39, 0.29) is 12.1 Å². The highest BCUT2D eigenvalue weighted by atomic mass is 16.3. The molecule has 0 spiro atoms. The van der Waals surface area contributed by atoms with Gasteiger partial charge in [-0.3, -0.25) is 4.90 Å². The summed E-state index contributed by atoms with van der Waals surface area (Å²) in [6.07, 6.45) is 5.33. The minimum absolute atomic E-state index is 0.0123. The van der Waals surface area contributed by atoms with Crippen LogP contribution in [0.15, 0.2) is 35.2 Å². The summed E-state index contributed by atoms with van der Waals surface area (Å²) in [5, 5.41) is 2.96. The van der Waals surface area contributed by atoms with Crippen molar-refractivity contribution in [3.63, 3.8) is 0 Å². The van der Waals surface area contributed by atoms with Gasteiger partial charge in [-0.15, -0.1) is 0 Å². The molecule has 23 heavy (non-hydrogen) atoms. The number of carbonyl (C=O) groups excluding carboxylic acids is 1. The van der Waals surface area contributed by atoms with Gasteiger partial charge in [0.25, 0.3) is 0 Å². The fourth-order valence-electron chi connectivity index (χ4n) is 2.34. The van der Waals surface area contributed by atoms with E-state index in [1.165, 1.54) is 0 Å². The maximum Gasteiger partial charge on any atom is 0.317 e. The lowest BCUT2D eigenvalue weighted by Gasteiger charge is -2.24. The van der Waals surface area contributed by atoms with Gasteiger partial charge in [-0.2, -0.15) is 0 Å². The number of nitrogens with zero attached hydrogens (tertiary/aromatic N) is 4. The third kappa shape index (κ3) is 4.59. The molecule has 2 heterocycles. The van der Waals surface area contributed by atoms with Crippen molar-refractivity contribution in [3.05, 3.63) is 42.4 Å². The topological polar surface area (TPSA) is 66.5 Å². The normalized spacial score (nSPS) is 12.4. The molecule has 0 aromatic carbocycles. The van der Waals surface area contributed by atoms with Gasteiger partial charge in [0.1, 0.15) is 11.6 Å². The Morgan fingerprint density at radius 1 is 1.43 bits per heavy atom. The number of aryl methyl sites for hydroxylation is 1. The fourth-order valence-corrected chi connectivity index (χ4v) is 2.34. The standard InChI is InChI=1S/C16H25N5O2/c1-13-17-7-8-21(13)10-9-20(4)16(22)18-12-14(19(2)3)15-6-5-11-23-15/h5-8,11,14H,9-10,12H2,1-4H3,(H,18,22)/t14-/m0/s1. The van der Waals surface area contributed by atoms with E-state index in [1.54, 1.807) is 24.4 Å². The largest absolute Gasteiger partial charge is 0.468 e. The predicted octanol–water partition coefficient (Wildman–Crippen LogP) is 1.73. The number of hydrogen-bond acceptors (Lipinski definition) is 4. The predicted molar refractivity (Wildman–Crippen MR) is 88.1 cm³/mol. The molecule has 2 aromatic rings. The molecule has 2 aromatic heterocycles. The van der Waals surface area contributed by atoms with E-state index in [0.717, 1.165) is 18.1 Å². The number of hydrogen-bond donors (Lipinski definition) is 1. The quantitative estimate of drug-likeness (QED) is 0.844. The maximum absolute atomic E-state index is 12.2. The van der Waals surface area contributed by atoms with Crippen LogP contribution in [0.1, 0.15) is 17.6 Å². The molecule has 0 radical (unpaired) electrons. The van der Waals surface area contributed by atoms with Crippen LogP contribution in [0.5, 0.6) is 0 Å². The van der Waals surface area contributed by atoms with Crippen LogP contribution < -0.4 is 5.32 Å². The molecule has 2 rings (SSSR count). The molecular formula is C16H25N5O2. The highest BCUT2D eigenvalue weighted by Gasteiger charge is 2.18. The monoisotopic (exact) mass is 319 g/mol. The van der Waals surface area contributed by atoms with Gasteiger partial charge in [0.15, 0.2) is 0 Å². The van der Waals surface area contributed by atoms with E-state index in [0.29, 0.717) is 13.1 Å². The number of furan rings is 1. The zero-order valence-electron chi connectivity index (χ0n) is 14.2. The Balaban J connectivity index is 1.82. The van der Waals surface area contributed by atoms with Crippen LogP contribution in [0.25, 0.3) is 0 Å². The Labute approximate surface area is 136 Å². The molecule has 0 saturated heterocycles. The minimum atomic E-state index is -0.0961. The van der Waals surface area contributed by atoms with Gasteiger partial charge in [0.2, 0.25) is 0 Å². The zero-order valence-corrected chi connectivity index (χ0v) is 14.2. The molecule has 0 unspecified atom stereocenters. The summed E-state index contributed by atoms with van der Waals surface area (Å²) in [5.74, 6) is 1.79. The summed E-state index contributed by atoms with van der Waals surface area (Å²) in [4.78, 5) is 20.1. The van der Waals surface area contributed by atoms with E-state index in [9.17, 15) is 4.79 Å². The lowest BCUT2D eigenvalue weighted by molar-refractivity contribution is 0.197. The summed E-state index contributed by atoms with van der Waals surface area (Å²) < 4.78 is 7.47. The van der Waals surface area contributed by atoms with Gasteiger partial charge in [-0.1, -0.05) is 0 Å². The third-order valence-electron chi connectivity index (χ3n) is 3.89. The van der Waals surface area contributed by atoms with Gasteiger partial charge in [-0.05, 0) is 33.2 Å². The lowest BCUT2D eigenvalue weighted by Crippen LogP contribution is -2.42. The van der Waals surface area contributed by atoms with E-state index < -0.39 is 0 Å². The Kier molecular flexibility index (Phi) is 5.81. The molecule has 1 N–H and O–H groups in total. The molecule has 7 nitrogen and oxygen atoms in total. The van der Waals surface area contributed by atoms with Crippen LogP contribution in [-0.4, -0.2) is 59.6 Å². The molecule has 0 fully saturated rings. The second-order valence-corrected chi connectivity index (χ2v) is 5.77. The van der Waals surface area contributed by atoms with E-state index in [4.69, 9.17) is 4.42 Å². The summed E-state index contributed by atoms with van der Waals surface area (Å²) in [5.41, 5.74) is 0. The third-order valence-corrected chi connectivity index (χ3v) is 3.89. The van der Waals surface area contributed by atoms with Crippen molar-refractivity contribution in [3.8, 4) is 0 Å². The Morgan fingerprint density at radius 3 is 2.78 bits per heavy atom. The Morgan fingerprint density at radius 2 is 2.22 bits per heavy atom. The lowest BCUT2D eigenvalue weighted by atomic mass is 10.2. The molecule has 0 aliphatic carbocycles. The van der Waals surface area contributed by atoms with Crippen LogP contribution in [0.3, 0.4) is 0 Å². The number of aromatic nitrogens is 2. The van der Waals surface area contributed by atoms with Crippen molar-refractivity contribution in [2.75, 3.05) is 34.2 Å². The number of likely N-dealkylation sites (N-methyl/N-ethyl adjacent to an activating group) is 2. The zero-order chi connectivity index (χ0) is 16.8. The Bertz CT molecular complexity index is 606. The number of amides is 2. The van der Waals surface area contributed by atoms with Crippen LogP contribution in [-0.2, 0) is 6.54 Å². The minimum Gasteiger partial charge on any atom is -0.468 e. The van der Waals surface area contributed by atoms with Crippen molar-refractivity contribution in [1.82, 2.24) is 24.7 Å². The molecule has 0 saturated carbocycles. The average Bonchev–Trinajstić information content (AvgIpc) is 3.16. The first kappa shape index (κ1) is 17.1. The second-order valence-electron chi connectivity index (χ2n) is 5.77. The first-order valence-electron chi connectivity index (χ1n) is 7.65. The summed E-state index contributed by atoms with van der Waals surface area (Å²) >= 11 is 0. The van der Waals surface area contributed by atoms with Crippen molar-refractivity contribution in [2.24, 2.45) is 0 Å². The van der Waals surface area contributed by atoms with E-state index in [1.807, 2.05) is 48.8 Å². The van der Waals surface area contributed by atoms with E-state index >= 15 is 0 Å². The van der Waals surface area contributed by atoms with Gasteiger partial charge < -0.3 is 19.2 Å². The summed E-state index contributed by atoms with van der Waals surface area (Å²) in [7, 11) is 5.72. The smallest absolute Gasteiger partial charge is 0.317 e. The Hall–Kier alpha value is -2.28. The highest BCUT2D eigenvalue weighted by Crippen LogP contribution is 2.17. The molecule has 2 amide bonds.